The van der Waals surface area contributed by atoms with Crippen LogP contribution < -0.4 is 5.73 Å². The van der Waals surface area contributed by atoms with E-state index in [1.165, 1.54) is 0 Å². The smallest absolute Gasteiger partial charge is 0.0967 e. The van der Waals surface area contributed by atoms with Gasteiger partial charge in [-0.3, -0.25) is 4.90 Å². The van der Waals surface area contributed by atoms with E-state index in [2.05, 4.69) is 49.1 Å². The zero-order valence-electron chi connectivity index (χ0n) is 11.9. The van der Waals surface area contributed by atoms with Gasteiger partial charge in [0.2, 0.25) is 0 Å². The number of nitrogens with two attached hydrogens (primary N) is 1. The van der Waals surface area contributed by atoms with Crippen molar-refractivity contribution < 1.29 is 0 Å². The fourth-order valence-electron chi connectivity index (χ4n) is 2.32. The maximum Gasteiger partial charge on any atom is 0.0967 e. The number of nitrogens with zero attached hydrogens (tertiary/aromatic N) is 4. The summed E-state index contributed by atoms with van der Waals surface area (Å²) in [6.45, 7) is 11.6. The Bertz CT molecular complexity index is 392. The first-order valence-electron chi connectivity index (χ1n) is 6.76. The van der Waals surface area contributed by atoms with Crippen molar-refractivity contribution in [2.75, 3.05) is 13.1 Å². The SMILES string of the molecule is CC1CN(Cc2cn(C(C)(C)C)nn2)CCC1N. The van der Waals surface area contributed by atoms with E-state index in [1.54, 1.807) is 0 Å². The molecule has 2 atom stereocenters. The van der Waals surface area contributed by atoms with Crippen molar-refractivity contribution in [2.45, 2.75) is 52.2 Å². The molecule has 0 spiro atoms. The molecule has 5 heteroatoms. The lowest BCUT2D eigenvalue weighted by atomic mass is 9.95. The fraction of sp³-hybridized carbons (Fsp3) is 0.846. The van der Waals surface area contributed by atoms with Crippen LogP contribution >= 0.6 is 0 Å². The van der Waals surface area contributed by atoms with Gasteiger partial charge in [-0.15, -0.1) is 5.10 Å². The average molecular weight is 251 g/mol. The van der Waals surface area contributed by atoms with Crippen molar-refractivity contribution in [3.63, 3.8) is 0 Å². The van der Waals surface area contributed by atoms with E-state index in [1.807, 2.05) is 4.68 Å². The molecule has 0 bridgehead atoms. The lowest BCUT2D eigenvalue weighted by molar-refractivity contribution is 0.156. The summed E-state index contributed by atoms with van der Waals surface area (Å²) in [5.74, 6) is 0.566. The van der Waals surface area contributed by atoms with Crippen molar-refractivity contribution >= 4 is 0 Å². The molecule has 0 saturated carbocycles. The van der Waals surface area contributed by atoms with Crippen molar-refractivity contribution in [3.05, 3.63) is 11.9 Å². The number of hydrogen-bond donors (Lipinski definition) is 1. The Balaban J connectivity index is 1.96. The average Bonchev–Trinajstić information content (AvgIpc) is 2.72. The predicted octanol–water partition coefficient (Wildman–Crippen LogP) is 1.20. The minimum Gasteiger partial charge on any atom is -0.327 e. The van der Waals surface area contributed by atoms with Gasteiger partial charge in [0.25, 0.3) is 0 Å². The van der Waals surface area contributed by atoms with Gasteiger partial charge >= 0.3 is 0 Å². The minimum absolute atomic E-state index is 0.00277. The van der Waals surface area contributed by atoms with Gasteiger partial charge in [0, 0.05) is 25.7 Å². The van der Waals surface area contributed by atoms with Crippen molar-refractivity contribution in [2.24, 2.45) is 11.7 Å². The third-order valence-electron chi connectivity index (χ3n) is 3.67. The fourth-order valence-corrected chi connectivity index (χ4v) is 2.32. The van der Waals surface area contributed by atoms with Crippen molar-refractivity contribution in [1.82, 2.24) is 19.9 Å². The summed E-state index contributed by atoms with van der Waals surface area (Å²) in [7, 11) is 0. The molecule has 0 aliphatic carbocycles. The molecular weight excluding hydrogens is 226 g/mol. The third kappa shape index (κ3) is 3.09. The Morgan fingerprint density at radius 2 is 2.17 bits per heavy atom. The van der Waals surface area contributed by atoms with Crippen LogP contribution in [0.15, 0.2) is 6.20 Å². The number of rotatable bonds is 2. The molecule has 0 radical (unpaired) electrons. The molecule has 0 amide bonds. The van der Waals surface area contributed by atoms with Gasteiger partial charge in [-0.1, -0.05) is 12.1 Å². The lowest BCUT2D eigenvalue weighted by Crippen LogP contribution is -2.45. The second-order valence-corrected chi connectivity index (χ2v) is 6.49. The summed E-state index contributed by atoms with van der Waals surface area (Å²) >= 11 is 0. The highest BCUT2D eigenvalue weighted by atomic mass is 15.4. The third-order valence-corrected chi connectivity index (χ3v) is 3.67. The van der Waals surface area contributed by atoms with E-state index < -0.39 is 0 Å². The van der Waals surface area contributed by atoms with E-state index in [0.29, 0.717) is 12.0 Å². The number of hydrogen-bond acceptors (Lipinski definition) is 4. The molecule has 2 N–H and O–H groups in total. The van der Waals surface area contributed by atoms with Crippen LogP contribution in [0.25, 0.3) is 0 Å². The highest BCUT2D eigenvalue weighted by Gasteiger charge is 2.24. The van der Waals surface area contributed by atoms with E-state index in [-0.39, 0.29) is 5.54 Å². The van der Waals surface area contributed by atoms with Crippen molar-refractivity contribution in [3.8, 4) is 0 Å². The van der Waals surface area contributed by atoms with Crippen LogP contribution in [0, 0.1) is 5.92 Å². The zero-order valence-corrected chi connectivity index (χ0v) is 11.9. The minimum atomic E-state index is 0.00277. The topological polar surface area (TPSA) is 60.0 Å². The van der Waals surface area contributed by atoms with Crippen LogP contribution in [0.1, 0.15) is 39.8 Å². The van der Waals surface area contributed by atoms with Gasteiger partial charge in [0.15, 0.2) is 0 Å². The van der Waals surface area contributed by atoms with Crippen LogP contribution in [0.5, 0.6) is 0 Å². The summed E-state index contributed by atoms with van der Waals surface area (Å²) in [6, 6.07) is 0.353. The van der Waals surface area contributed by atoms with Crippen LogP contribution in [0.2, 0.25) is 0 Å². The lowest BCUT2D eigenvalue weighted by Gasteiger charge is -2.34. The maximum atomic E-state index is 6.04. The molecule has 1 aromatic rings. The summed E-state index contributed by atoms with van der Waals surface area (Å²) in [6.07, 6.45) is 3.13. The first-order chi connectivity index (χ1) is 8.36. The van der Waals surface area contributed by atoms with Gasteiger partial charge in [-0.05, 0) is 33.1 Å². The molecule has 1 fully saturated rings. The molecule has 18 heavy (non-hydrogen) atoms. The first-order valence-corrected chi connectivity index (χ1v) is 6.76. The van der Waals surface area contributed by atoms with Gasteiger partial charge in [-0.25, -0.2) is 4.68 Å². The highest BCUT2D eigenvalue weighted by molar-refractivity contribution is 4.95. The van der Waals surface area contributed by atoms with E-state index >= 15 is 0 Å². The molecule has 2 heterocycles. The van der Waals surface area contributed by atoms with E-state index in [0.717, 1.165) is 31.7 Å². The second-order valence-electron chi connectivity index (χ2n) is 6.49. The quantitative estimate of drug-likeness (QED) is 0.858. The standard InChI is InChI=1S/C13H25N5/c1-10-7-17(6-5-12(10)14)8-11-9-18(16-15-11)13(2,3)4/h9-10,12H,5-8,14H2,1-4H3. The van der Waals surface area contributed by atoms with Gasteiger partial charge in [0.1, 0.15) is 0 Å². The summed E-state index contributed by atoms with van der Waals surface area (Å²) in [4.78, 5) is 2.42. The number of likely N-dealkylation sites (tertiary alicyclic amines) is 1. The molecule has 1 aliphatic rings. The number of aromatic nitrogens is 3. The first kappa shape index (κ1) is 13.5. The van der Waals surface area contributed by atoms with Gasteiger partial charge in [-0.2, -0.15) is 0 Å². The summed E-state index contributed by atoms with van der Waals surface area (Å²) < 4.78 is 1.93. The Labute approximate surface area is 109 Å². The normalized spacial score (nSPS) is 26.5. The van der Waals surface area contributed by atoms with Crippen LogP contribution in [-0.4, -0.2) is 39.0 Å². The Morgan fingerprint density at radius 1 is 1.44 bits per heavy atom. The Hall–Kier alpha value is -0.940. The van der Waals surface area contributed by atoms with E-state index in [9.17, 15) is 0 Å². The monoisotopic (exact) mass is 251 g/mol. The summed E-state index contributed by atoms with van der Waals surface area (Å²) in [5.41, 5.74) is 7.09. The number of piperidine rings is 1. The van der Waals surface area contributed by atoms with Crippen molar-refractivity contribution in [1.29, 1.82) is 0 Å². The molecule has 5 nitrogen and oxygen atoms in total. The highest BCUT2D eigenvalue weighted by Crippen LogP contribution is 2.17. The van der Waals surface area contributed by atoms with E-state index in [4.69, 9.17) is 5.73 Å². The molecule has 1 aliphatic heterocycles. The molecule has 0 aromatic carbocycles. The molecule has 1 aromatic heterocycles. The molecule has 1 saturated heterocycles. The zero-order chi connectivity index (χ0) is 13.3. The van der Waals surface area contributed by atoms with Crippen LogP contribution in [0.3, 0.4) is 0 Å². The predicted molar refractivity (Wildman–Crippen MR) is 72.1 cm³/mol. The summed E-state index contributed by atoms with van der Waals surface area (Å²) in [5, 5.41) is 8.46. The van der Waals surface area contributed by atoms with Crippen LogP contribution in [-0.2, 0) is 12.1 Å². The largest absolute Gasteiger partial charge is 0.327 e. The van der Waals surface area contributed by atoms with Gasteiger partial charge < -0.3 is 5.73 Å². The molecule has 2 rings (SSSR count). The maximum absolute atomic E-state index is 6.04. The second kappa shape index (κ2) is 4.97. The molecule has 102 valence electrons. The van der Waals surface area contributed by atoms with Crippen LogP contribution in [0.4, 0.5) is 0 Å². The Morgan fingerprint density at radius 3 is 2.72 bits per heavy atom. The Kier molecular flexibility index (Phi) is 3.73. The molecular formula is C13H25N5. The molecule has 2 unspecified atom stereocenters. The van der Waals surface area contributed by atoms with Gasteiger partial charge in [0.05, 0.1) is 17.4 Å².